The first-order valence-electron chi connectivity index (χ1n) is 5.47. The molecule has 2 rings (SSSR count). The van der Waals surface area contributed by atoms with Crippen LogP contribution in [0.3, 0.4) is 0 Å². The summed E-state index contributed by atoms with van der Waals surface area (Å²) in [7, 11) is 6.05. The highest BCUT2D eigenvalue weighted by Gasteiger charge is 2.19. The first kappa shape index (κ1) is 12.3. The van der Waals surface area contributed by atoms with Gasteiger partial charge in [-0.05, 0) is 12.1 Å². The highest BCUT2D eigenvalue weighted by atomic mass is 79.9. The molecule has 3 nitrogen and oxygen atoms in total. The zero-order chi connectivity index (χ0) is 12.6. The smallest absolute Gasteiger partial charge is 0.219 e. The SMILES string of the molecule is C[N+](C)(C)CC(=O)c1c[nH]c2cc(Br)ccc12. The first-order valence-corrected chi connectivity index (χ1v) is 6.26. The van der Waals surface area contributed by atoms with Crippen LogP contribution in [0.5, 0.6) is 0 Å². The lowest BCUT2D eigenvalue weighted by molar-refractivity contribution is -0.861. The number of nitrogens with one attached hydrogen (secondary N) is 1. The minimum Gasteiger partial charge on any atom is -0.360 e. The Kier molecular flexibility index (Phi) is 3.10. The molecule has 0 atom stereocenters. The molecule has 0 aliphatic heterocycles. The van der Waals surface area contributed by atoms with E-state index in [1.807, 2.05) is 39.3 Å². The summed E-state index contributed by atoms with van der Waals surface area (Å²) in [6.45, 7) is 0.503. The predicted octanol–water partition coefficient (Wildman–Crippen LogP) is 2.82. The summed E-state index contributed by atoms with van der Waals surface area (Å²) in [6, 6.07) is 5.91. The normalized spacial score (nSPS) is 12.0. The zero-order valence-corrected chi connectivity index (χ0v) is 11.8. The monoisotopic (exact) mass is 295 g/mol. The second-order valence-electron chi connectivity index (χ2n) is 5.26. The topological polar surface area (TPSA) is 32.9 Å². The van der Waals surface area contributed by atoms with Crippen molar-refractivity contribution >= 4 is 32.6 Å². The van der Waals surface area contributed by atoms with E-state index in [-0.39, 0.29) is 5.78 Å². The number of rotatable bonds is 3. The number of aromatic amines is 1. The minimum atomic E-state index is 0.172. The van der Waals surface area contributed by atoms with Crippen molar-refractivity contribution in [3.63, 3.8) is 0 Å². The van der Waals surface area contributed by atoms with Crippen molar-refractivity contribution in [2.75, 3.05) is 27.7 Å². The molecule has 0 fully saturated rings. The summed E-state index contributed by atoms with van der Waals surface area (Å²) in [5.41, 5.74) is 1.77. The van der Waals surface area contributed by atoms with Crippen LogP contribution >= 0.6 is 15.9 Å². The lowest BCUT2D eigenvalue weighted by Gasteiger charge is -2.22. The van der Waals surface area contributed by atoms with Gasteiger partial charge in [-0.1, -0.05) is 22.0 Å². The number of Topliss-reactive ketones (excluding diaryl/α,β-unsaturated/α-hetero) is 1. The number of quaternary nitrogens is 1. The van der Waals surface area contributed by atoms with E-state index in [1.165, 1.54) is 0 Å². The van der Waals surface area contributed by atoms with Crippen LogP contribution in [0.4, 0.5) is 0 Å². The number of ketones is 1. The van der Waals surface area contributed by atoms with Gasteiger partial charge in [-0.15, -0.1) is 0 Å². The van der Waals surface area contributed by atoms with Crippen LogP contribution in [0.15, 0.2) is 28.9 Å². The maximum Gasteiger partial charge on any atom is 0.219 e. The second kappa shape index (κ2) is 4.27. The molecule has 4 heteroatoms. The van der Waals surface area contributed by atoms with Crippen molar-refractivity contribution in [3.8, 4) is 0 Å². The van der Waals surface area contributed by atoms with Crippen LogP contribution in [0.25, 0.3) is 10.9 Å². The maximum absolute atomic E-state index is 12.2. The largest absolute Gasteiger partial charge is 0.360 e. The number of halogens is 1. The van der Waals surface area contributed by atoms with Crippen molar-refractivity contribution in [2.45, 2.75) is 0 Å². The minimum absolute atomic E-state index is 0.172. The Hall–Kier alpha value is -1.13. The van der Waals surface area contributed by atoms with E-state index in [4.69, 9.17) is 0 Å². The zero-order valence-electron chi connectivity index (χ0n) is 10.2. The first-order chi connectivity index (χ1) is 7.87. The molecule has 0 bridgehead atoms. The molecule has 1 aromatic carbocycles. The van der Waals surface area contributed by atoms with Gasteiger partial charge in [0.25, 0.3) is 0 Å². The number of H-pyrrole nitrogens is 1. The Labute approximate surface area is 109 Å². The summed E-state index contributed by atoms with van der Waals surface area (Å²) < 4.78 is 1.65. The standard InChI is InChI=1S/C13H15BrN2O/c1-16(2,3)8-13(17)11-7-15-12-6-9(14)4-5-10(11)12/h4-7H,8H2,1-3H3/p+1. The summed E-state index contributed by atoms with van der Waals surface area (Å²) in [5.74, 6) is 0.172. The van der Waals surface area contributed by atoms with Crippen molar-refractivity contribution in [3.05, 3.63) is 34.4 Å². The number of carbonyl (C=O) groups is 1. The lowest BCUT2D eigenvalue weighted by atomic mass is 10.1. The van der Waals surface area contributed by atoms with E-state index in [1.54, 1.807) is 6.20 Å². The molecule has 2 aromatic rings. The van der Waals surface area contributed by atoms with Crippen molar-refractivity contribution in [1.29, 1.82) is 0 Å². The summed E-state index contributed by atoms with van der Waals surface area (Å²) in [6.07, 6.45) is 1.80. The van der Waals surface area contributed by atoms with Crippen molar-refractivity contribution < 1.29 is 9.28 Å². The molecular formula is C13H16BrN2O+. The van der Waals surface area contributed by atoms with E-state index in [9.17, 15) is 4.79 Å². The Balaban J connectivity index is 2.40. The number of nitrogens with zero attached hydrogens (tertiary/aromatic N) is 1. The third kappa shape index (κ3) is 2.76. The van der Waals surface area contributed by atoms with Crippen LogP contribution in [0.1, 0.15) is 10.4 Å². The summed E-state index contributed by atoms with van der Waals surface area (Å²) in [4.78, 5) is 15.3. The summed E-state index contributed by atoms with van der Waals surface area (Å²) in [5, 5.41) is 0.992. The average Bonchev–Trinajstić information content (AvgIpc) is 2.57. The molecule has 0 saturated carbocycles. The molecule has 0 saturated heterocycles. The van der Waals surface area contributed by atoms with Gasteiger partial charge in [-0.2, -0.15) is 0 Å². The van der Waals surface area contributed by atoms with E-state index < -0.39 is 0 Å². The molecule has 90 valence electrons. The molecule has 0 amide bonds. The average molecular weight is 296 g/mol. The van der Waals surface area contributed by atoms with Gasteiger partial charge in [0.15, 0.2) is 0 Å². The van der Waals surface area contributed by atoms with Crippen LogP contribution in [-0.2, 0) is 0 Å². The molecule has 1 aromatic heterocycles. The fraction of sp³-hybridized carbons (Fsp3) is 0.308. The Morgan fingerprint density at radius 1 is 1.35 bits per heavy atom. The maximum atomic E-state index is 12.2. The van der Waals surface area contributed by atoms with Gasteiger partial charge in [0, 0.05) is 27.1 Å². The molecule has 0 spiro atoms. The van der Waals surface area contributed by atoms with E-state index in [0.29, 0.717) is 11.0 Å². The molecule has 1 heterocycles. The van der Waals surface area contributed by atoms with Crippen LogP contribution in [0.2, 0.25) is 0 Å². The van der Waals surface area contributed by atoms with Crippen LogP contribution < -0.4 is 0 Å². The molecule has 0 aliphatic carbocycles. The van der Waals surface area contributed by atoms with Gasteiger partial charge in [0.1, 0.15) is 6.54 Å². The number of aromatic nitrogens is 1. The molecule has 1 N–H and O–H groups in total. The molecule has 0 unspecified atom stereocenters. The third-order valence-corrected chi connectivity index (χ3v) is 3.06. The van der Waals surface area contributed by atoms with Gasteiger partial charge < -0.3 is 9.47 Å². The Morgan fingerprint density at radius 2 is 2.06 bits per heavy atom. The Morgan fingerprint density at radius 3 is 2.71 bits per heavy atom. The number of likely N-dealkylation sites (N-methyl/N-ethyl adjacent to an activating group) is 1. The predicted molar refractivity (Wildman–Crippen MR) is 73.2 cm³/mol. The summed E-state index contributed by atoms with van der Waals surface area (Å²) >= 11 is 3.42. The second-order valence-corrected chi connectivity index (χ2v) is 6.18. The van der Waals surface area contributed by atoms with Crippen molar-refractivity contribution in [2.24, 2.45) is 0 Å². The van der Waals surface area contributed by atoms with Gasteiger partial charge in [0.05, 0.1) is 21.1 Å². The van der Waals surface area contributed by atoms with Crippen molar-refractivity contribution in [1.82, 2.24) is 4.98 Å². The molecule has 0 aliphatic rings. The van der Waals surface area contributed by atoms with E-state index in [2.05, 4.69) is 20.9 Å². The molecular weight excluding hydrogens is 280 g/mol. The number of benzene rings is 1. The van der Waals surface area contributed by atoms with Gasteiger partial charge in [0.2, 0.25) is 5.78 Å². The fourth-order valence-electron chi connectivity index (χ4n) is 1.85. The molecule has 0 radical (unpaired) electrons. The quantitative estimate of drug-likeness (QED) is 0.685. The van der Waals surface area contributed by atoms with Crippen LogP contribution in [-0.4, -0.2) is 42.9 Å². The number of hydrogen-bond donors (Lipinski definition) is 1. The van der Waals surface area contributed by atoms with E-state index in [0.717, 1.165) is 20.9 Å². The molecule has 17 heavy (non-hydrogen) atoms. The van der Waals surface area contributed by atoms with Gasteiger partial charge in [-0.25, -0.2) is 0 Å². The highest BCUT2D eigenvalue weighted by Crippen LogP contribution is 2.23. The van der Waals surface area contributed by atoms with Crippen LogP contribution in [0, 0.1) is 0 Å². The lowest BCUT2D eigenvalue weighted by Crippen LogP contribution is -2.39. The highest BCUT2D eigenvalue weighted by molar-refractivity contribution is 9.10. The third-order valence-electron chi connectivity index (χ3n) is 2.56. The van der Waals surface area contributed by atoms with Gasteiger partial charge >= 0.3 is 0 Å². The number of carbonyl (C=O) groups excluding carboxylic acids is 1. The number of fused-ring (bicyclic) bond motifs is 1. The van der Waals surface area contributed by atoms with E-state index >= 15 is 0 Å². The fourth-order valence-corrected chi connectivity index (χ4v) is 2.21. The number of hydrogen-bond acceptors (Lipinski definition) is 1. The van der Waals surface area contributed by atoms with Gasteiger partial charge in [-0.3, -0.25) is 4.79 Å². The Bertz CT molecular complexity index is 566.